The molecule has 0 fully saturated rings. The number of benzene rings is 2. The number of nitro benzene ring substituents is 1. The number of halogens is 1. The zero-order valence-electron chi connectivity index (χ0n) is 10.3. The smallest absolute Gasteiger partial charge is 0.280 e. The summed E-state index contributed by atoms with van der Waals surface area (Å²) in [6.45, 7) is 0. The second-order valence-corrected chi connectivity index (χ2v) is 4.94. The summed E-state index contributed by atoms with van der Waals surface area (Å²) >= 11 is 3.32. The van der Waals surface area contributed by atoms with E-state index in [1.54, 1.807) is 12.1 Å². The molecule has 0 aliphatic carbocycles. The Morgan fingerprint density at radius 1 is 1.10 bits per heavy atom. The maximum Gasteiger partial charge on any atom is 0.280 e. The maximum absolute atomic E-state index is 12.0. The number of nitrogens with zero attached hydrogens (tertiary/aromatic N) is 1. The van der Waals surface area contributed by atoms with Gasteiger partial charge in [0.15, 0.2) is 5.78 Å². The van der Waals surface area contributed by atoms with Gasteiger partial charge in [0.1, 0.15) is 0 Å². The van der Waals surface area contributed by atoms with Gasteiger partial charge in [-0.15, -0.1) is 0 Å². The summed E-state index contributed by atoms with van der Waals surface area (Å²) in [7, 11) is 0. The van der Waals surface area contributed by atoms with Crippen LogP contribution in [0.4, 0.5) is 5.69 Å². The van der Waals surface area contributed by atoms with Crippen molar-refractivity contribution < 1.29 is 9.72 Å². The first-order valence-electron chi connectivity index (χ1n) is 5.79. The Morgan fingerprint density at radius 2 is 1.75 bits per heavy atom. The number of allylic oxidation sites excluding steroid dienone is 1. The summed E-state index contributed by atoms with van der Waals surface area (Å²) in [6.07, 6.45) is 2.97. The van der Waals surface area contributed by atoms with E-state index in [1.165, 1.54) is 24.3 Å². The van der Waals surface area contributed by atoms with Gasteiger partial charge in [-0.25, -0.2) is 0 Å². The molecule has 0 bridgehead atoms. The number of carbonyl (C=O) groups is 1. The van der Waals surface area contributed by atoms with Crippen molar-refractivity contribution in [1.29, 1.82) is 0 Å². The van der Waals surface area contributed by atoms with Crippen molar-refractivity contribution in [3.05, 3.63) is 80.3 Å². The highest BCUT2D eigenvalue weighted by atomic mass is 79.9. The van der Waals surface area contributed by atoms with Crippen molar-refractivity contribution in [3.63, 3.8) is 0 Å². The normalized spacial score (nSPS) is 10.7. The number of hydrogen-bond acceptors (Lipinski definition) is 3. The van der Waals surface area contributed by atoms with E-state index in [2.05, 4.69) is 15.9 Å². The molecule has 2 rings (SSSR count). The molecule has 20 heavy (non-hydrogen) atoms. The largest absolute Gasteiger partial charge is 0.289 e. The van der Waals surface area contributed by atoms with Gasteiger partial charge in [-0.1, -0.05) is 46.3 Å². The average Bonchev–Trinajstić information content (AvgIpc) is 2.46. The van der Waals surface area contributed by atoms with Gasteiger partial charge in [-0.05, 0) is 29.8 Å². The molecule has 2 aromatic carbocycles. The maximum atomic E-state index is 12.0. The number of nitro groups is 1. The molecule has 0 saturated heterocycles. The second-order valence-electron chi connectivity index (χ2n) is 4.02. The van der Waals surface area contributed by atoms with E-state index in [-0.39, 0.29) is 17.0 Å². The predicted molar refractivity (Wildman–Crippen MR) is 80.6 cm³/mol. The summed E-state index contributed by atoms with van der Waals surface area (Å²) in [5.41, 5.74) is 0.754. The van der Waals surface area contributed by atoms with Gasteiger partial charge in [0.05, 0.1) is 10.5 Å². The Kier molecular flexibility index (Phi) is 4.42. The van der Waals surface area contributed by atoms with Crippen LogP contribution in [0.1, 0.15) is 15.9 Å². The zero-order valence-corrected chi connectivity index (χ0v) is 11.9. The molecule has 0 aliphatic heterocycles. The molecule has 0 heterocycles. The molecule has 0 amide bonds. The van der Waals surface area contributed by atoms with Gasteiger partial charge in [-0.3, -0.25) is 14.9 Å². The SMILES string of the molecule is O=C(/C=C/c1ccc(Br)cc1)c1ccccc1[N+](=O)[O-]. The van der Waals surface area contributed by atoms with Crippen LogP contribution in [0, 0.1) is 10.1 Å². The first-order chi connectivity index (χ1) is 9.58. The Bertz CT molecular complexity index is 678. The van der Waals surface area contributed by atoms with Crippen LogP contribution in [-0.4, -0.2) is 10.7 Å². The lowest BCUT2D eigenvalue weighted by Gasteiger charge is -1.98. The van der Waals surface area contributed by atoms with Gasteiger partial charge >= 0.3 is 0 Å². The van der Waals surface area contributed by atoms with E-state index in [0.717, 1.165) is 10.0 Å². The zero-order chi connectivity index (χ0) is 14.5. The van der Waals surface area contributed by atoms with E-state index in [1.807, 2.05) is 24.3 Å². The lowest BCUT2D eigenvalue weighted by molar-refractivity contribution is -0.385. The summed E-state index contributed by atoms with van der Waals surface area (Å²) < 4.78 is 0.944. The highest BCUT2D eigenvalue weighted by Gasteiger charge is 2.16. The van der Waals surface area contributed by atoms with Crippen molar-refractivity contribution in [2.24, 2.45) is 0 Å². The van der Waals surface area contributed by atoms with Crippen LogP contribution in [0.15, 0.2) is 59.1 Å². The first kappa shape index (κ1) is 14.1. The fraction of sp³-hybridized carbons (Fsp3) is 0. The Morgan fingerprint density at radius 3 is 2.40 bits per heavy atom. The second kappa shape index (κ2) is 6.25. The predicted octanol–water partition coefficient (Wildman–Crippen LogP) is 4.25. The van der Waals surface area contributed by atoms with E-state index in [4.69, 9.17) is 0 Å². The molecule has 0 spiro atoms. The van der Waals surface area contributed by atoms with Crippen molar-refractivity contribution in [1.82, 2.24) is 0 Å². The summed E-state index contributed by atoms with van der Waals surface area (Å²) in [6, 6.07) is 13.3. The number of carbonyl (C=O) groups excluding carboxylic acids is 1. The lowest BCUT2D eigenvalue weighted by Crippen LogP contribution is -2.00. The van der Waals surface area contributed by atoms with E-state index in [9.17, 15) is 14.9 Å². The molecule has 0 atom stereocenters. The third-order valence-electron chi connectivity index (χ3n) is 2.66. The monoisotopic (exact) mass is 331 g/mol. The van der Waals surface area contributed by atoms with Crippen LogP contribution in [0.5, 0.6) is 0 Å². The Hall–Kier alpha value is -2.27. The summed E-state index contributed by atoms with van der Waals surface area (Å²) in [5.74, 6) is -0.389. The van der Waals surface area contributed by atoms with Crippen LogP contribution in [0.2, 0.25) is 0 Å². The van der Waals surface area contributed by atoms with Crippen molar-refractivity contribution in [3.8, 4) is 0 Å². The van der Waals surface area contributed by atoms with E-state index in [0.29, 0.717) is 0 Å². The first-order valence-corrected chi connectivity index (χ1v) is 6.58. The van der Waals surface area contributed by atoms with Gasteiger partial charge < -0.3 is 0 Å². The standard InChI is InChI=1S/C15H10BrNO3/c16-12-8-5-11(6-9-12)7-10-15(18)13-3-1-2-4-14(13)17(19)20/h1-10H/b10-7+. The van der Waals surface area contributed by atoms with E-state index >= 15 is 0 Å². The minimum atomic E-state index is -0.555. The number of para-hydroxylation sites is 1. The third kappa shape index (κ3) is 3.39. The fourth-order valence-electron chi connectivity index (χ4n) is 1.68. The fourth-order valence-corrected chi connectivity index (χ4v) is 1.94. The molecular formula is C15H10BrNO3. The number of ketones is 1. The quantitative estimate of drug-likeness (QED) is 0.364. The molecule has 0 radical (unpaired) electrons. The van der Waals surface area contributed by atoms with E-state index < -0.39 is 4.92 Å². The van der Waals surface area contributed by atoms with Crippen molar-refractivity contribution in [2.45, 2.75) is 0 Å². The molecule has 0 N–H and O–H groups in total. The van der Waals surface area contributed by atoms with Gasteiger partial charge in [0.25, 0.3) is 5.69 Å². The summed E-state index contributed by atoms with van der Waals surface area (Å²) in [5, 5.41) is 10.9. The van der Waals surface area contributed by atoms with Gasteiger partial charge in [0, 0.05) is 10.5 Å². The van der Waals surface area contributed by atoms with Crippen LogP contribution < -0.4 is 0 Å². The molecule has 4 nitrogen and oxygen atoms in total. The van der Waals surface area contributed by atoms with Gasteiger partial charge in [-0.2, -0.15) is 0 Å². The minimum Gasteiger partial charge on any atom is -0.289 e. The summed E-state index contributed by atoms with van der Waals surface area (Å²) in [4.78, 5) is 22.3. The molecule has 2 aromatic rings. The number of rotatable bonds is 4. The molecule has 0 aromatic heterocycles. The topological polar surface area (TPSA) is 60.2 Å². The van der Waals surface area contributed by atoms with Crippen molar-refractivity contribution in [2.75, 3.05) is 0 Å². The highest BCUT2D eigenvalue weighted by Crippen LogP contribution is 2.19. The lowest BCUT2D eigenvalue weighted by atomic mass is 10.1. The van der Waals surface area contributed by atoms with Crippen LogP contribution in [0.3, 0.4) is 0 Å². The molecular weight excluding hydrogens is 322 g/mol. The molecule has 0 aliphatic rings. The Balaban J connectivity index is 2.24. The van der Waals surface area contributed by atoms with Crippen molar-refractivity contribution >= 4 is 33.5 Å². The molecule has 0 unspecified atom stereocenters. The molecule has 5 heteroatoms. The van der Waals surface area contributed by atoms with Crippen LogP contribution in [-0.2, 0) is 0 Å². The minimum absolute atomic E-state index is 0.0888. The molecule has 0 saturated carbocycles. The third-order valence-corrected chi connectivity index (χ3v) is 3.19. The van der Waals surface area contributed by atoms with Crippen LogP contribution >= 0.6 is 15.9 Å². The average molecular weight is 332 g/mol. The molecule has 100 valence electrons. The van der Waals surface area contributed by atoms with Gasteiger partial charge in [0.2, 0.25) is 0 Å². The Labute approximate surface area is 124 Å². The highest BCUT2D eigenvalue weighted by molar-refractivity contribution is 9.10. The van der Waals surface area contributed by atoms with Crippen LogP contribution in [0.25, 0.3) is 6.08 Å². The number of hydrogen-bond donors (Lipinski definition) is 0.